The van der Waals surface area contributed by atoms with Gasteiger partial charge in [-0.3, -0.25) is 9.59 Å². The molecule has 0 saturated heterocycles. The number of benzene rings is 2. The first-order chi connectivity index (χ1) is 15.1. The van der Waals surface area contributed by atoms with Crippen molar-refractivity contribution in [2.45, 2.75) is 13.5 Å². The van der Waals surface area contributed by atoms with Gasteiger partial charge in [0.15, 0.2) is 0 Å². The van der Waals surface area contributed by atoms with Crippen molar-refractivity contribution in [3.05, 3.63) is 88.8 Å². The molecule has 0 unspecified atom stereocenters. The number of ether oxygens (including phenoxy) is 1. The van der Waals surface area contributed by atoms with Gasteiger partial charge in [0.25, 0.3) is 0 Å². The molecule has 160 valence electrons. The zero-order valence-electron chi connectivity index (χ0n) is 17.1. The highest BCUT2D eigenvalue weighted by molar-refractivity contribution is 9.10. The molecule has 0 aliphatic rings. The second-order valence-corrected chi connectivity index (χ2v) is 7.46. The van der Waals surface area contributed by atoms with Gasteiger partial charge in [0.1, 0.15) is 18.1 Å². The van der Waals surface area contributed by atoms with E-state index < -0.39 is 0 Å². The number of hydrogen-bond donors (Lipinski definition) is 1. The highest BCUT2D eigenvalue weighted by Crippen LogP contribution is 2.22. The fourth-order valence-corrected chi connectivity index (χ4v) is 3.28. The standard InChI is InChI=1S/C24H23BrN2O4/c1-2-30-22-12-6-3-8-18(22)13-14-24(29)27(16-19-9-7-15-31-19)17-23(28)26-21-11-5-4-10-20(21)25/h3-15H,2,16-17H2,1H3,(H,26,28). The summed E-state index contributed by atoms with van der Waals surface area (Å²) in [5, 5.41) is 2.82. The highest BCUT2D eigenvalue weighted by Gasteiger charge is 2.18. The molecule has 0 fully saturated rings. The number of para-hydroxylation sites is 2. The third-order valence-electron chi connectivity index (χ3n) is 4.35. The van der Waals surface area contributed by atoms with Crippen LogP contribution < -0.4 is 10.1 Å². The molecule has 0 saturated carbocycles. The summed E-state index contributed by atoms with van der Waals surface area (Å²) in [6.07, 6.45) is 4.66. The molecule has 1 heterocycles. The van der Waals surface area contributed by atoms with Crippen LogP contribution in [0, 0.1) is 0 Å². The fourth-order valence-electron chi connectivity index (χ4n) is 2.90. The van der Waals surface area contributed by atoms with E-state index in [1.165, 1.54) is 17.2 Å². The van der Waals surface area contributed by atoms with Crippen LogP contribution in [0.3, 0.4) is 0 Å². The first-order valence-corrected chi connectivity index (χ1v) is 10.6. The largest absolute Gasteiger partial charge is 0.493 e. The van der Waals surface area contributed by atoms with E-state index in [0.717, 1.165) is 10.0 Å². The number of nitrogens with zero attached hydrogens (tertiary/aromatic N) is 1. The zero-order valence-corrected chi connectivity index (χ0v) is 18.7. The Kier molecular flexibility index (Phi) is 8.06. The fraction of sp³-hybridized carbons (Fsp3) is 0.167. The summed E-state index contributed by atoms with van der Waals surface area (Å²) in [5.74, 6) is 0.656. The first-order valence-electron chi connectivity index (χ1n) is 9.82. The van der Waals surface area contributed by atoms with Crippen LogP contribution in [0.4, 0.5) is 5.69 Å². The van der Waals surface area contributed by atoms with Crippen molar-refractivity contribution in [3.8, 4) is 5.75 Å². The van der Waals surface area contributed by atoms with E-state index in [0.29, 0.717) is 23.8 Å². The van der Waals surface area contributed by atoms with E-state index in [1.54, 1.807) is 24.3 Å². The van der Waals surface area contributed by atoms with Crippen molar-refractivity contribution >= 4 is 39.5 Å². The molecule has 31 heavy (non-hydrogen) atoms. The number of anilines is 1. The maximum Gasteiger partial charge on any atom is 0.247 e. The van der Waals surface area contributed by atoms with Gasteiger partial charge in [0, 0.05) is 16.1 Å². The van der Waals surface area contributed by atoms with Crippen molar-refractivity contribution in [2.75, 3.05) is 18.5 Å². The first kappa shape index (κ1) is 22.4. The molecule has 3 rings (SSSR count). The third kappa shape index (κ3) is 6.58. The number of halogens is 1. The second-order valence-electron chi connectivity index (χ2n) is 6.61. The number of furan rings is 1. The number of nitrogens with one attached hydrogen (secondary N) is 1. The van der Waals surface area contributed by atoms with Crippen molar-refractivity contribution < 1.29 is 18.7 Å². The minimum absolute atomic E-state index is 0.127. The molecule has 0 spiro atoms. The third-order valence-corrected chi connectivity index (χ3v) is 5.04. The lowest BCUT2D eigenvalue weighted by Gasteiger charge is -2.20. The summed E-state index contributed by atoms with van der Waals surface area (Å²) in [7, 11) is 0. The summed E-state index contributed by atoms with van der Waals surface area (Å²) in [4.78, 5) is 27.0. The molecule has 6 nitrogen and oxygen atoms in total. The Balaban J connectivity index is 1.74. The number of carbonyl (C=O) groups excluding carboxylic acids is 2. The van der Waals surface area contributed by atoms with Crippen LogP contribution in [0.2, 0.25) is 0 Å². The van der Waals surface area contributed by atoms with Gasteiger partial charge in [-0.25, -0.2) is 0 Å². The number of amides is 2. The SMILES string of the molecule is CCOc1ccccc1C=CC(=O)N(CC(=O)Nc1ccccc1Br)Cc1ccco1. The molecule has 0 radical (unpaired) electrons. The minimum Gasteiger partial charge on any atom is -0.493 e. The van der Waals surface area contributed by atoms with Gasteiger partial charge in [0.2, 0.25) is 11.8 Å². The zero-order chi connectivity index (χ0) is 22.1. The predicted molar refractivity (Wildman–Crippen MR) is 124 cm³/mol. The Hall–Kier alpha value is -3.32. The minimum atomic E-state index is -0.315. The summed E-state index contributed by atoms with van der Waals surface area (Å²) in [6, 6.07) is 18.3. The lowest BCUT2D eigenvalue weighted by atomic mass is 10.2. The van der Waals surface area contributed by atoms with Crippen molar-refractivity contribution in [3.63, 3.8) is 0 Å². The molecule has 0 atom stereocenters. The van der Waals surface area contributed by atoms with E-state index in [-0.39, 0.29) is 24.9 Å². The van der Waals surface area contributed by atoms with Gasteiger partial charge < -0.3 is 19.4 Å². The van der Waals surface area contributed by atoms with Crippen LogP contribution in [0.15, 0.2) is 81.9 Å². The average molecular weight is 483 g/mol. The number of rotatable bonds is 9. The van der Waals surface area contributed by atoms with Gasteiger partial charge in [-0.2, -0.15) is 0 Å². The Morgan fingerprint density at radius 3 is 2.61 bits per heavy atom. The van der Waals surface area contributed by atoms with Crippen molar-refractivity contribution in [2.24, 2.45) is 0 Å². The van der Waals surface area contributed by atoms with Crippen LogP contribution in [-0.2, 0) is 16.1 Å². The number of carbonyl (C=O) groups is 2. The second kappa shape index (κ2) is 11.2. The van der Waals surface area contributed by atoms with Gasteiger partial charge in [0.05, 0.1) is 25.1 Å². The highest BCUT2D eigenvalue weighted by atomic mass is 79.9. The lowest BCUT2D eigenvalue weighted by molar-refractivity contribution is -0.131. The van der Waals surface area contributed by atoms with E-state index >= 15 is 0 Å². The lowest BCUT2D eigenvalue weighted by Crippen LogP contribution is -2.36. The maximum atomic E-state index is 12.9. The topological polar surface area (TPSA) is 71.8 Å². The van der Waals surface area contributed by atoms with Gasteiger partial charge >= 0.3 is 0 Å². The molecule has 1 N–H and O–H groups in total. The predicted octanol–water partition coefficient (Wildman–Crippen LogP) is 5.12. The van der Waals surface area contributed by atoms with Crippen LogP contribution in [0.1, 0.15) is 18.2 Å². The smallest absolute Gasteiger partial charge is 0.247 e. The van der Waals surface area contributed by atoms with E-state index in [1.807, 2.05) is 49.4 Å². The van der Waals surface area contributed by atoms with E-state index in [9.17, 15) is 9.59 Å². The Morgan fingerprint density at radius 2 is 1.87 bits per heavy atom. The Labute approximate surface area is 189 Å². The molecule has 0 aliphatic carbocycles. The summed E-state index contributed by atoms with van der Waals surface area (Å²) >= 11 is 3.41. The average Bonchev–Trinajstić information content (AvgIpc) is 3.27. The Morgan fingerprint density at radius 1 is 1.10 bits per heavy atom. The molecule has 0 bridgehead atoms. The molecule has 1 aromatic heterocycles. The van der Waals surface area contributed by atoms with Gasteiger partial charge in [-0.05, 0) is 59.3 Å². The summed E-state index contributed by atoms with van der Waals surface area (Å²) in [6.45, 7) is 2.48. The molecular formula is C24H23BrN2O4. The summed E-state index contributed by atoms with van der Waals surface area (Å²) in [5.41, 5.74) is 1.42. The molecule has 2 aromatic carbocycles. The quantitative estimate of drug-likeness (QED) is 0.429. The van der Waals surface area contributed by atoms with Gasteiger partial charge in [-0.15, -0.1) is 0 Å². The van der Waals surface area contributed by atoms with Crippen molar-refractivity contribution in [1.29, 1.82) is 0 Å². The molecule has 3 aromatic rings. The normalized spacial score (nSPS) is 10.8. The summed E-state index contributed by atoms with van der Waals surface area (Å²) < 4.78 is 11.7. The van der Waals surface area contributed by atoms with Crippen LogP contribution >= 0.6 is 15.9 Å². The monoisotopic (exact) mass is 482 g/mol. The molecule has 2 amide bonds. The molecule has 7 heteroatoms. The van der Waals surface area contributed by atoms with E-state index in [4.69, 9.17) is 9.15 Å². The molecule has 0 aliphatic heterocycles. The van der Waals surface area contributed by atoms with Crippen molar-refractivity contribution in [1.82, 2.24) is 4.90 Å². The van der Waals surface area contributed by atoms with Crippen LogP contribution in [0.25, 0.3) is 6.08 Å². The molecular weight excluding hydrogens is 460 g/mol. The van der Waals surface area contributed by atoms with Gasteiger partial charge in [-0.1, -0.05) is 30.3 Å². The van der Waals surface area contributed by atoms with Crippen LogP contribution in [-0.4, -0.2) is 29.9 Å². The maximum absolute atomic E-state index is 12.9. The van der Waals surface area contributed by atoms with Crippen LogP contribution in [0.5, 0.6) is 5.75 Å². The van der Waals surface area contributed by atoms with E-state index in [2.05, 4.69) is 21.2 Å². The number of hydrogen-bond acceptors (Lipinski definition) is 4. The Bertz CT molecular complexity index is 1050.